The molecule has 32 heavy (non-hydrogen) atoms. The summed E-state index contributed by atoms with van der Waals surface area (Å²) in [5, 5.41) is 9.84. The molecule has 3 aliphatic carbocycles. The van der Waals surface area contributed by atoms with Crippen LogP contribution in [-0.4, -0.2) is 20.8 Å². The summed E-state index contributed by atoms with van der Waals surface area (Å²) in [6.45, 7) is 2.27. The lowest BCUT2D eigenvalue weighted by atomic mass is 9.54. The van der Waals surface area contributed by atoms with Gasteiger partial charge in [0.05, 0.1) is 12.6 Å². The van der Waals surface area contributed by atoms with Gasteiger partial charge in [0.1, 0.15) is 5.75 Å². The first-order valence-corrected chi connectivity index (χ1v) is 11.3. The smallest absolute Gasteiger partial charge is 0.362 e. The second-order valence-electron chi connectivity index (χ2n) is 9.85. The number of rotatable bonds is 3. The van der Waals surface area contributed by atoms with Crippen LogP contribution in [0.3, 0.4) is 0 Å². The molecule has 0 amide bonds. The minimum Gasteiger partial charge on any atom is -0.508 e. The molecule has 0 radical (unpaired) electrons. The van der Waals surface area contributed by atoms with Crippen LogP contribution in [0.4, 0.5) is 4.39 Å². The highest BCUT2D eigenvalue weighted by atomic mass is 19.1. The van der Waals surface area contributed by atoms with E-state index in [1.807, 2.05) is 6.07 Å². The van der Waals surface area contributed by atoms with Gasteiger partial charge in [0.15, 0.2) is 0 Å². The van der Waals surface area contributed by atoms with Crippen molar-refractivity contribution < 1.29 is 19.1 Å². The van der Waals surface area contributed by atoms with Crippen molar-refractivity contribution in [3.8, 4) is 5.75 Å². The van der Waals surface area contributed by atoms with Gasteiger partial charge in [-0.1, -0.05) is 13.0 Å². The fraction of sp³-hybridized carbons (Fsp3) is 0.542. The van der Waals surface area contributed by atoms with E-state index in [-0.39, 0.29) is 17.8 Å². The van der Waals surface area contributed by atoms with Crippen molar-refractivity contribution in [3.05, 3.63) is 62.2 Å². The first kappa shape index (κ1) is 21.0. The number of hydrogen-bond donors (Lipinski definition) is 2. The molecule has 1 aromatic heterocycles. The van der Waals surface area contributed by atoms with E-state index in [1.165, 1.54) is 11.1 Å². The molecule has 0 spiro atoms. The van der Waals surface area contributed by atoms with Gasteiger partial charge >= 0.3 is 11.7 Å². The number of H-pyrrole nitrogens is 1. The third-order valence-electron chi connectivity index (χ3n) is 8.39. The normalized spacial score (nSPS) is 30.8. The van der Waals surface area contributed by atoms with Crippen LogP contribution in [-0.2, 0) is 11.2 Å². The first-order valence-electron chi connectivity index (χ1n) is 11.3. The number of fused-ring (bicyclic) bond motifs is 5. The maximum atomic E-state index is 13.5. The second kappa shape index (κ2) is 7.60. The van der Waals surface area contributed by atoms with Gasteiger partial charge in [-0.3, -0.25) is 9.78 Å². The Kier molecular flexibility index (Phi) is 4.98. The van der Waals surface area contributed by atoms with E-state index in [2.05, 4.69) is 13.0 Å². The monoisotopic (exact) mass is 442 g/mol. The lowest BCUT2D eigenvalue weighted by molar-refractivity contribution is -0.147. The molecule has 0 unspecified atom stereocenters. The Morgan fingerprint density at radius 3 is 2.91 bits per heavy atom. The quantitative estimate of drug-likeness (QED) is 0.761. The number of carbonyl (C=O) groups excluding carboxylic acids is 1. The molecule has 2 fully saturated rings. The minimum atomic E-state index is -1.19. The van der Waals surface area contributed by atoms with Crippen LogP contribution in [0, 0.1) is 29.0 Å². The van der Waals surface area contributed by atoms with Gasteiger partial charge in [-0.15, -0.1) is 4.73 Å². The van der Waals surface area contributed by atoms with Crippen LogP contribution in [0.15, 0.2) is 34.0 Å². The Labute approximate surface area is 184 Å². The summed E-state index contributed by atoms with van der Waals surface area (Å²) < 4.78 is 13.9. The first-order chi connectivity index (χ1) is 15.3. The molecular formula is C24H27FN2O5. The second-order valence-corrected chi connectivity index (χ2v) is 9.85. The van der Waals surface area contributed by atoms with Gasteiger partial charge in [0.2, 0.25) is 5.82 Å². The van der Waals surface area contributed by atoms with Crippen molar-refractivity contribution in [1.82, 2.24) is 9.71 Å². The van der Waals surface area contributed by atoms with E-state index in [1.54, 1.807) is 11.1 Å². The predicted molar refractivity (Wildman–Crippen MR) is 114 cm³/mol. The molecule has 0 bridgehead atoms. The summed E-state index contributed by atoms with van der Waals surface area (Å²) in [6, 6.07) is 5.76. The third-order valence-corrected chi connectivity index (χ3v) is 8.39. The fourth-order valence-corrected chi connectivity index (χ4v) is 6.86. The topological polar surface area (TPSA) is 101 Å². The van der Waals surface area contributed by atoms with Gasteiger partial charge in [0.25, 0.3) is 5.56 Å². The standard InChI is InChI=1S/C24H27FN2O5/c1-24-9-8-17-16-6-4-15(28)10-13(16)2-5-18(17)19(24)7-3-14(24)11-21(29)32-27-12-20(25)22(30)26-23(27)31/h4,6,10,12,14,17-19,28H,2-3,5,7-9,11H2,1H3,(H,26,30,31)/t14-,17-,18-,19+,24-/m1/s1. The van der Waals surface area contributed by atoms with Gasteiger partial charge in [-0.25, -0.2) is 9.59 Å². The Morgan fingerprint density at radius 2 is 2.09 bits per heavy atom. The minimum absolute atomic E-state index is 0.00974. The van der Waals surface area contributed by atoms with E-state index in [0.29, 0.717) is 34.4 Å². The summed E-state index contributed by atoms with van der Waals surface area (Å²) in [6.07, 6.45) is 6.82. The average molecular weight is 442 g/mol. The average Bonchev–Trinajstić information content (AvgIpc) is 3.07. The largest absolute Gasteiger partial charge is 0.508 e. The van der Waals surface area contributed by atoms with Crippen molar-refractivity contribution in [2.75, 3.05) is 0 Å². The summed E-state index contributed by atoms with van der Waals surface area (Å²) in [7, 11) is 0. The van der Waals surface area contributed by atoms with Gasteiger partial charge < -0.3 is 9.94 Å². The maximum absolute atomic E-state index is 13.5. The Hall–Kier alpha value is -2.90. The van der Waals surface area contributed by atoms with Crippen molar-refractivity contribution in [2.24, 2.45) is 23.2 Å². The number of halogens is 1. The van der Waals surface area contributed by atoms with E-state index >= 15 is 0 Å². The van der Waals surface area contributed by atoms with E-state index in [0.717, 1.165) is 38.5 Å². The van der Waals surface area contributed by atoms with Crippen LogP contribution in [0.5, 0.6) is 5.75 Å². The highest BCUT2D eigenvalue weighted by molar-refractivity contribution is 5.70. The number of phenolic OH excluding ortho intramolecular Hbond substituents is 1. The zero-order valence-corrected chi connectivity index (χ0v) is 18.0. The number of benzene rings is 1. The zero-order valence-electron chi connectivity index (χ0n) is 18.0. The highest BCUT2D eigenvalue weighted by Crippen LogP contribution is 2.63. The number of hydrogen-bond acceptors (Lipinski definition) is 5. The Balaban J connectivity index is 1.31. The van der Waals surface area contributed by atoms with Gasteiger partial charge in [0, 0.05) is 0 Å². The zero-order chi connectivity index (χ0) is 22.6. The summed E-state index contributed by atoms with van der Waals surface area (Å²) in [5.41, 5.74) is 0.507. The van der Waals surface area contributed by atoms with Crippen LogP contribution in [0.1, 0.15) is 62.5 Å². The number of phenols is 1. The lowest BCUT2D eigenvalue weighted by Gasteiger charge is -2.51. The van der Waals surface area contributed by atoms with Crippen molar-refractivity contribution >= 4 is 5.97 Å². The molecule has 3 aliphatic rings. The molecule has 8 heteroatoms. The molecule has 1 aromatic carbocycles. The van der Waals surface area contributed by atoms with E-state index in [4.69, 9.17) is 4.84 Å². The maximum Gasteiger partial charge on any atom is 0.362 e. The van der Waals surface area contributed by atoms with E-state index in [9.17, 15) is 23.9 Å². The molecule has 2 N–H and O–H groups in total. The molecule has 1 heterocycles. The summed E-state index contributed by atoms with van der Waals surface area (Å²) >= 11 is 0. The molecule has 2 saturated carbocycles. The number of aromatic amines is 1. The highest BCUT2D eigenvalue weighted by Gasteiger charge is 2.55. The summed E-state index contributed by atoms with van der Waals surface area (Å²) in [5.74, 6) is 0.226. The lowest BCUT2D eigenvalue weighted by Crippen LogP contribution is -2.43. The molecular weight excluding hydrogens is 415 g/mol. The van der Waals surface area contributed by atoms with Gasteiger partial charge in [-0.05, 0) is 90.9 Å². The van der Waals surface area contributed by atoms with Crippen LogP contribution < -0.4 is 16.1 Å². The molecule has 170 valence electrons. The van der Waals surface area contributed by atoms with Crippen molar-refractivity contribution in [3.63, 3.8) is 0 Å². The van der Waals surface area contributed by atoms with E-state index < -0.39 is 23.0 Å². The number of aromatic nitrogens is 2. The van der Waals surface area contributed by atoms with Crippen molar-refractivity contribution in [1.29, 1.82) is 0 Å². The Bertz CT molecular complexity index is 1190. The Morgan fingerprint density at radius 1 is 1.28 bits per heavy atom. The number of carbonyl (C=O) groups is 1. The molecule has 5 atom stereocenters. The number of aromatic hydroxyl groups is 1. The molecule has 0 aliphatic heterocycles. The SMILES string of the molecule is C[C@]12CC[C@@H]3c4ccc(O)cc4CC[C@H]3[C@@H]1CC[C@@H]2CC(=O)On1cc(F)c(=O)[nH]c1=O. The van der Waals surface area contributed by atoms with Crippen molar-refractivity contribution in [2.45, 2.75) is 57.8 Å². The molecule has 7 nitrogen and oxygen atoms in total. The predicted octanol–water partition coefficient (Wildman–Crippen LogP) is 2.90. The van der Waals surface area contributed by atoms with Gasteiger partial charge in [-0.2, -0.15) is 4.39 Å². The molecule has 5 rings (SSSR count). The van der Waals surface area contributed by atoms with Crippen LogP contribution >= 0.6 is 0 Å². The number of aryl methyl sites for hydroxylation is 1. The number of nitrogens with zero attached hydrogens (tertiary/aromatic N) is 1. The fourth-order valence-electron chi connectivity index (χ4n) is 6.86. The summed E-state index contributed by atoms with van der Waals surface area (Å²) in [4.78, 5) is 42.4. The van der Waals surface area contributed by atoms with Crippen LogP contribution in [0.2, 0.25) is 0 Å². The molecule has 0 saturated heterocycles. The number of nitrogens with one attached hydrogen (secondary N) is 1. The van der Waals surface area contributed by atoms with Crippen LogP contribution in [0.25, 0.3) is 0 Å². The molecule has 2 aromatic rings. The third kappa shape index (κ3) is 3.36.